The van der Waals surface area contributed by atoms with Gasteiger partial charge in [0.05, 0.1) is 12.2 Å². The molecule has 0 heterocycles. The maximum atomic E-state index is 8.83. The molecule has 10 heavy (non-hydrogen) atoms. The summed E-state index contributed by atoms with van der Waals surface area (Å²) in [6, 6.07) is 0. The molecule has 2 N–H and O–H groups in total. The van der Waals surface area contributed by atoms with Crippen LogP contribution in [0.5, 0.6) is 0 Å². The molecule has 62 valence electrons. The Kier molecular flexibility index (Phi) is 5.58. The highest BCUT2D eigenvalue weighted by Gasteiger charge is 1.98. The molecule has 0 amide bonds. The first-order chi connectivity index (χ1) is 4.66. The Balaban J connectivity index is 3.03. The Bertz CT molecular complexity index is 76.0. The molecular formula is C7H17NO2. The van der Waals surface area contributed by atoms with E-state index in [1.807, 2.05) is 6.92 Å². The van der Waals surface area contributed by atoms with Crippen LogP contribution in [0.1, 0.15) is 13.8 Å². The van der Waals surface area contributed by atoms with Crippen molar-refractivity contribution in [1.29, 1.82) is 0 Å². The molecular weight excluding hydrogens is 130 g/mol. The maximum absolute atomic E-state index is 8.83. The van der Waals surface area contributed by atoms with E-state index >= 15 is 0 Å². The highest BCUT2D eigenvalue weighted by molar-refractivity contribution is 4.56. The lowest BCUT2D eigenvalue weighted by Gasteiger charge is -2.11. The summed E-state index contributed by atoms with van der Waals surface area (Å²) in [5.74, 6) is 0. The number of aliphatic hydroxyl groups excluding tert-OH is 1. The zero-order valence-corrected chi connectivity index (χ0v) is 6.92. The van der Waals surface area contributed by atoms with E-state index in [-0.39, 0.29) is 12.2 Å². The minimum Gasteiger partial charge on any atom is -0.392 e. The fourth-order valence-electron chi connectivity index (χ4n) is 0.579. The minimum absolute atomic E-state index is 0.221. The second kappa shape index (κ2) is 5.65. The van der Waals surface area contributed by atoms with E-state index in [1.54, 1.807) is 14.0 Å². The second-order valence-corrected chi connectivity index (χ2v) is 2.55. The van der Waals surface area contributed by atoms with Gasteiger partial charge in [-0.2, -0.15) is 0 Å². The van der Waals surface area contributed by atoms with Gasteiger partial charge in [0.1, 0.15) is 0 Å². The van der Waals surface area contributed by atoms with E-state index in [1.165, 1.54) is 0 Å². The number of ether oxygens (including phenoxy) is 1. The van der Waals surface area contributed by atoms with Crippen molar-refractivity contribution in [3.8, 4) is 0 Å². The van der Waals surface area contributed by atoms with E-state index < -0.39 is 0 Å². The number of aliphatic hydroxyl groups is 1. The Morgan fingerprint density at radius 1 is 1.40 bits per heavy atom. The molecule has 0 aliphatic rings. The van der Waals surface area contributed by atoms with Crippen LogP contribution in [0.3, 0.4) is 0 Å². The van der Waals surface area contributed by atoms with Crippen LogP contribution < -0.4 is 5.32 Å². The Morgan fingerprint density at radius 2 is 2.00 bits per heavy atom. The van der Waals surface area contributed by atoms with Crippen LogP contribution in [-0.4, -0.2) is 37.5 Å². The fraction of sp³-hybridized carbons (Fsp3) is 1.00. The van der Waals surface area contributed by atoms with E-state index in [4.69, 9.17) is 9.84 Å². The van der Waals surface area contributed by atoms with Gasteiger partial charge in [0, 0.05) is 20.2 Å². The lowest BCUT2D eigenvalue weighted by molar-refractivity contribution is 0.111. The highest BCUT2D eigenvalue weighted by Crippen LogP contribution is 1.83. The molecule has 0 rings (SSSR count). The molecule has 0 spiro atoms. The van der Waals surface area contributed by atoms with Gasteiger partial charge in [-0.05, 0) is 13.8 Å². The first-order valence-corrected chi connectivity index (χ1v) is 3.58. The summed E-state index contributed by atoms with van der Waals surface area (Å²) in [7, 11) is 1.68. The molecule has 2 unspecified atom stereocenters. The summed E-state index contributed by atoms with van der Waals surface area (Å²) in [4.78, 5) is 0. The summed E-state index contributed by atoms with van der Waals surface area (Å²) >= 11 is 0. The van der Waals surface area contributed by atoms with Crippen LogP contribution in [0.15, 0.2) is 0 Å². The third kappa shape index (κ3) is 6.01. The normalized spacial score (nSPS) is 16.8. The highest BCUT2D eigenvalue weighted by atomic mass is 16.5. The van der Waals surface area contributed by atoms with Crippen LogP contribution in [-0.2, 0) is 4.74 Å². The van der Waals surface area contributed by atoms with Gasteiger partial charge in [0.15, 0.2) is 0 Å². The van der Waals surface area contributed by atoms with Crippen molar-refractivity contribution in [1.82, 2.24) is 5.32 Å². The van der Waals surface area contributed by atoms with Crippen molar-refractivity contribution < 1.29 is 9.84 Å². The van der Waals surface area contributed by atoms with E-state index in [9.17, 15) is 0 Å². The largest absolute Gasteiger partial charge is 0.392 e. The summed E-state index contributed by atoms with van der Waals surface area (Å²) in [6.07, 6.45) is -0.0530. The Hall–Kier alpha value is -0.120. The van der Waals surface area contributed by atoms with Crippen LogP contribution in [0.4, 0.5) is 0 Å². The second-order valence-electron chi connectivity index (χ2n) is 2.55. The molecule has 3 heteroatoms. The Morgan fingerprint density at radius 3 is 2.40 bits per heavy atom. The molecule has 0 aromatic carbocycles. The summed E-state index contributed by atoms with van der Waals surface area (Å²) in [5.41, 5.74) is 0. The molecule has 0 aromatic rings. The molecule has 0 fully saturated rings. The zero-order chi connectivity index (χ0) is 7.98. The molecule has 0 aromatic heterocycles. The third-order valence-electron chi connectivity index (χ3n) is 1.27. The van der Waals surface area contributed by atoms with E-state index in [0.717, 1.165) is 6.54 Å². The third-order valence-corrected chi connectivity index (χ3v) is 1.27. The number of nitrogens with one attached hydrogen (secondary N) is 1. The average Bonchev–Trinajstić information content (AvgIpc) is 1.87. The molecule has 2 atom stereocenters. The topological polar surface area (TPSA) is 41.5 Å². The Labute approximate surface area is 62.4 Å². The summed E-state index contributed by atoms with van der Waals surface area (Å²) in [6.45, 7) is 5.16. The fourth-order valence-corrected chi connectivity index (χ4v) is 0.579. The minimum atomic E-state index is -0.274. The summed E-state index contributed by atoms with van der Waals surface area (Å²) in [5, 5.41) is 11.9. The number of rotatable bonds is 5. The molecule has 0 aliphatic heterocycles. The number of methoxy groups -OCH3 is 1. The average molecular weight is 147 g/mol. The van der Waals surface area contributed by atoms with Gasteiger partial charge in [0.25, 0.3) is 0 Å². The molecule has 0 aliphatic carbocycles. The van der Waals surface area contributed by atoms with Crippen LogP contribution in [0.25, 0.3) is 0 Å². The lowest BCUT2D eigenvalue weighted by atomic mass is 10.3. The zero-order valence-electron chi connectivity index (χ0n) is 6.92. The predicted octanol–water partition coefficient (Wildman–Crippen LogP) is -0.00830. The first-order valence-electron chi connectivity index (χ1n) is 3.58. The van der Waals surface area contributed by atoms with Crippen molar-refractivity contribution in [3.05, 3.63) is 0 Å². The molecule has 0 saturated heterocycles. The first kappa shape index (κ1) is 9.88. The van der Waals surface area contributed by atoms with Gasteiger partial charge in [-0.3, -0.25) is 0 Å². The monoisotopic (exact) mass is 147 g/mol. The molecule has 0 bridgehead atoms. The molecule has 3 nitrogen and oxygen atoms in total. The van der Waals surface area contributed by atoms with Gasteiger partial charge in [-0.25, -0.2) is 0 Å². The van der Waals surface area contributed by atoms with Crippen molar-refractivity contribution >= 4 is 0 Å². The van der Waals surface area contributed by atoms with Crippen LogP contribution >= 0.6 is 0 Å². The van der Waals surface area contributed by atoms with Gasteiger partial charge < -0.3 is 15.2 Å². The quantitative estimate of drug-likeness (QED) is 0.575. The van der Waals surface area contributed by atoms with Crippen molar-refractivity contribution in [3.63, 3.8) is 0 Å². The van der Waals surface area contributed by atoms with Crippen molar-refractivity contribution in [2.75, 3.05) is 20.2 Å². The van der Waals surface area contributed by atoms with Gasteiger partial charge in [-0.1, -0.05) is 0 Å². The number of hydrogen-bond acceptors (Lipinski definition) is 3. The van der Waals surface area contributed by atoms with Gasteiger partial charge in [-0.15, -0.1) is 0 Å². The lowest BCUT2D eigenvalue weighted by Crippen LogP contribution is -2.31. The maximum Gasteiger partial charge on any atom is 0.0667 e. The molecule has 0 saturated carbocycles. The van der Waals surface area contributed by atoms with Crippen LogP contribution in [0.2, 0.25) is 0 Å². The van der Waals surface area contributed by atoms with Crippen molar-refractivity contribution in [2.24, 2.45) is 0 Å². The van der Waals surface area contributed by atoms with E-state index in [2.05, 4.69) is 5.32 Å². The number of hydrogen-bond donors (Lipinski definition) is 2. The standard InChI is InChI=1S/C7H17NO2/c1-6(9)4-8-5-7(2)10-3/h6-9H,4-5H2,1-3H3. The predicted molar refractivity (Wildman–Crippen MR) is 41.0 cm³/mol. The van der Waals surface area contributed by atoms with E-state index in [0.29, 0.717) is 6.54 Å². The van der Waals surface area contributed by atoms with Gasteiger partial charge in [0.2, 0.25) is 0 Å². The molecule has 0 radical (unpaired) electrons. The SMILES string of the molecule is COC(C)CNCC(C)O. The van der Waals surface area contributed by atoms with Gasteiger partial charge >= 0.3 is 0 Å². The van der Waals surface area contributed by atoms with Crippen molar-refractivity contribution in [2.45, 2.75) is 26.1 Å². The smallest absolute Gasteiger partial charge is 0.0667 e. The summed E-state index contributed by atoms with van der Waals surface area (Å²) < 4.78 is 4.99. The van der Waals surface area contributed by atoms with Crippen LogP contribution in [0, 0.1) is 0 Å².